The first-order valence-electron chi connectivity index (χ1n) is 5.51. The molecule has 1 atom stereocenters. The number of H-pyrrole nitrogens is 1. The zero-order chi connectivity index (χ0) is 10.5. The Hall–Kier alpha value is -0.940. The molecule has 0 bridgehead atoms. The molecule has 0 unspecified atom stereocenters. The second-order valence-corrected chi connectivity index (χ2v) is 3.93. The van der Waals surface area contributed by atoms with E-state index in [-0.39, 0.29) is 0 Å². The predicted octanol–water partition coefficient (Wildman–Crippen LogP) is 0.461. The quantitative estimate of drug-likeness (QED) is 0.758. The molecule has 84 valence electrons. The standard InChI is InChI=1S/C10H18N4O/c1-15-6-4-9-12-10(14-13-9)8-3-2-5-11-7-8/h8,11H,2-7H2,1H3,(H,12,13,14)/t8-/m1/s1. The molecule has 1 fully saturated rings. The molecule has 5 nitrogen and oxygen atoms in total. The summed E-state index contributed by atoms with van der Waals surface area (Å²) in [4.78, 5) is 4.48. The van der Waals surface area contributed by atoms with Crippen molar-refractivity contribution in [3.8, 4) is 0 Å². The molecule has 0 saturated carbocycles. The summed E-state index contributed by atoms with van der Waals surface area (Å²) in [7, 11) is 1.70. The van der Waals surface area contributed by atoms with Gasteiger partial charge in [-0.2, -0.15) is 5.10 Å². The number of hydrogen-bond acceptors (Lipinski definition) is 4. The lowest BCUT2D eigenvalue weighted by Crippen LogP contribution is -2.28. The smallest absolute Gasteiger partial charge is 0.155 e. The summed E-state index contributed by atoms with van der Waals surface area (Å²) in [5.74, 6) is 2.36. The molecular weight excluding hydrogens is 192 g/mol. The maximum Gasteiger partial charge on any atom is 0.155 e. The van der Waals surface area contributed by atoms with Gasteiger partial charge in [0.2, 0.25) is 0 Å². The number of ether oxygens (including phenoxy) is 1. The monoisotopic (exact) mass is 210 g/mol. The van der Waals surface area contributed by atoms with E-state index in [1.165, 1.54) is 12.8 Å². The van der Waals surface area contributed by atoms with Gasteiger partial charge in [0.05, 0.1) is 6.61 Å². The van der Waals surface area contributed by atoms with Gasteiger partial charge < -0.3 is 10.1 Å². The molecule has 2 rings (SSSR count). The van der Waals surface area contributed by atoms with E-state index >= 15 is 0 Å². The molecule has 5 heteroatoms. The van der Waals surface area contributed by atoms with E-state index in [0.29, 0.717) is 12.5 Å². The van der Waals surface area contributed by atoms with Gasteiger partial charge in [-0.15, -0.1) is 0 Å². The van der Waals surface area contributed by atoms with Crippen molar-refractivity contribution in [1.82, 2.24) is 20.5 Å². The van der Waals surface area contributed by atoms with Crippen LogP contribution in [0.15, 0.2) is 0 Å². The molecule has 0 radical (unpaired) electrons. The Balaban J connectivity index is 1.93. The highest BCUT2D eigenvalue weighted by Crippen LogP contribution is 2.19. The lowest BCUT2D eigenvalue weighted by Gasteiger charge is -2.19. The Morgan fingerprint density at radius 1 is 1.53 bits per heavy atom. The fourth-order valence-electron chi connectivity index (χ4n) is 1.88. The van der Waals surface area contributed by atoms with E-state index < -0.39 is 0 Å². The fraction of sp³-hybridized carbons (Fsp3) is 0.800. The van der Waals surface area contributed by atoms with Crippen molar-refractivity contribution < 1.29 is 4.74 Å². The van der Waals surface area contributed by atoms with E-state index in [9.17, 15) is 0 Å². The molecular formula is C10H18N4O. The van der Waals surface area contributed by atoms with Crippen LogP contribution in [0.5, 0.6) is 0 Å². The second-order valence-electron chi connectivity index (χ2n) is 3.93. The Morgan fingerprint density at radius 3 is 3.20 bits per heavy atom. The lowest BCUT2D eigenvalue weighted by atomic mass is 9.99. The lowest BCUT2D eigenvalue weighted by molar-refractivity contribution is 0.200. The van der Waals surface area contributed by atoms with Gasteiger partial charge in [0, 0.05) is 26.0 Å². The van der Waals surface area contributed by atoms with Crippen LogP contribution in [-0.4, -0.2) is 42.0 Å². The van der Waals surface area contributed by atoms with Crippen molar-refractivity contribution >= 4 is 0 Å². The summed E-state index contributed by atoms with van der Waals surface area (Å²) in [5.41, 5.74) is 0. The first kappa shape index (κ1) is 10.6. The Bertz CT molecular complexity index is 293. The first-order valence-corrected chi connectivity index (χ1v) is 5.51. The SMILES string of the molecule is COCCc1nc([C@@H]2CCCNC2)n[nH]1. The van der Waals surface area contributed by atoms with Crippen LogP contribution in [0.1, 0.15) is 30.4 Å². The second kappa shape index (κ2) is 5.23. The molecule has 0 aromatic carbocycles. The van der Waals surface area contributed by atoms with Crippen molar-refractivity contribution in [2.24, 2.45) is 0 Å². The van der Waals surface area contributed by atoms with Crippen LogP contribution >= 0.6 is 0 Å². The summed E-state index contributed by atoms with van der Waals surface area (Å²) in [6.45, 7) is 2.82. The van der Waals surface area contributed by atoms with Crippen molar-refractivity contribution in [1.29, 1.82) is 0 Å². The van der Waals surface area contributed by atoms with Crippen molar-refractivity contribution in [2.45, 2.75) is 25.2 Å². The zero-order valence-electron chi connectivity index (χ0n) is 9.12. The van der Waals surface area contributed by atoms with E-state index in [2.05, 4.69) is 20.5 Å². The molecule has 0 amide bonds. The van der Waals surface area contributed by atoms with Gasteiger partial charge in [-0.05, 0) is 19.4 Å². The molecule has 2 heterocycles. The summed E-state index contributed by atoms with van der Waals surface area (Å²) in [6.07, 6.45) is 3.21. The molecule has 0 aliphatic carbocycles. The highest BCUT2D eigenvalue weighted by atomic mass is 16.5. The van der Waals surface area contributed by atoms with Gasteiger partial charge >= 0.3 is 0 Å². The molecule has 15 heavy (non-hydrogen) atoms. The van der Waals surface area contributed by atoms with Crippen LogP contribution in [-0.2, 0) is 11.2 Å². The van der Waals surface area contributed by atoms with Gasteiger partial charge in [-0.3, -0.25) is 5.10 Å². The average Bonchev–Trinajstić information content (AvgIpc) is 2.76. The number of nitrogens with zero attached hydrogens (tertiary/aromatic N) is 2. The number of piperidine rings is 1. The van der Waals surface area contributed by atoms with Crippen LogP contribution in [0, 0.1) is 0 Å². The largest absolute Gasteiger partial charge is 0.384 e. The highest BCUT2D eigenvalue weighted by molar-refractivity contribution is 5.00. The van der Waals surface area contributed by atoms with Gasteiger partial charge in [-0.1, -0.05) is 0 Å². The third-order valence-corrected chi connectivity index (χ3v) is 2.75. The molecule has 1 aromatic rings. The van der Waals surface area contributed by atoms with Crippen LogP contribution in [0.2, 0.25) is 0 Å². The van der Waals surface area contributed by atoms with Crippen LogP contribution in [0.25, 0.3) is 0 Å². The summed E-state index contributed by atoms with van der Waals surface area (Å²) >= 11 is 0. The van der Waals surface area contributed by atoms with E-state index in [4.69, 9.17) is 4.74 Å². The Kier molecular flexibility index (Phi) is 3.69. The first-order chi connectivity index (χ1) is 7.40. The fourth-order valence-corrected chi connectivity index (χ4v) is 1.88. The highest BCUT2D eigenvalue weighted by Gasteiger charge is 2.19. The minimum absolute atomic E-state index is 0.478. The third-order valence-electron chi connectivity index (χ3n) is 2.75. The number of aromatic amines is 1. The van der Waals surface area contributed by atoms with Crippen LogP contribution in [0.4, 0.5) is 0 Å². The van der Waals surface area contributed by atoms with Gasteiger partial charge in [0.15, 0.2) is 5.82 Å². The average molecular weight is 210 g/mol. The summed E-state index contributed by atoms with van der Waals surface area (Å²) < 4.78 is 5.00. The topological polar surface area (TPSA) is 62.8 Å². The van der Waals surface area contributed by atoms with Crippen LogP contribution < -0.4 is 5.32 Å². The molecule has 1 aliphatic rings. The van der Waals surface area contributed by atoms with Gasteiger partial charge in [0.1, 0.15) is 5.82 Å². The number of aromatic nitrogens is 3. The van der Waals surface area contributed by atoms with E-state index in [1.807, 2.05) is 0 Å². The molecule has 1 saturated heterocycles. The minimum atomic E-state index is 0.478. The van der Waals surface area contributed by atoms with E-state index in [0.717, 1.165) is 31.2 Å². The normalized spacial score (nSPS) is 21.8. The van der Waals surface area contributed by atoms with Gasteiger partial charge in [0.25, 0.3) is 0 Å². The molecule has 1 aromatic heterocycles. The number of nitrogens with one attached hydrogen (secondary N) is 2. The zero-order valence-corrected chi connectivity index (χ0v) is 9.12. The van der Waals surface area contributed by atoms with Crippen LogP contribution in [0.3, 0.4) is 0 Å². The summed E-state index contributed by atoms with van der Waals surface area (Å²) in [5, 5.41) is 10.6. The Labute approximate surface area is 89.6 Å². The number of rotatable bonds is 4. The molecule has 0 spiro atoms. The minimum Gasteiger partial charge on any atom is -0.384 e. The molecule has 2 N–H and O–H groups in total. The van der Waals surface area contributed by atoms with E-state index in [1.54, 1.807) is 7.11 Å². The number of hydrogen-bond donors (Lipinski definition) is 2. The van der Waals surface area contributed by atoms with Crippen molar-refractivity contribution in [3.05, 3.63) is 11.6 Å². The maximum atomic E-state index is 5.00. The van der Waals surface area contributed by atoms with Crippen molar-refractivity contribution in [3.63, 3.8) is 0 Å². The van der Waals surface area contributed by atoms with Gasteiger partial charge in [-0.25, -0.2) is 4.98 Å². The number of methoxy groups -OCH3 is 1. The third kappa shape index (κ3) is 2.76. The predicted molar refractivity (Wildman–Crippen MR) is 56.8 cm³/mol. The Morgan fingerprint density at radius 2 is 2.47 bits per heavy atom. The summed E-state index contributed by atoms with van der Waals surface area (Å²) in [6, 6.07) is 0. The van der Waals surface area contributed by atoms with Crippen molar-refractivity contribution in [2.75, 3.05) is 26.8 Å². The maximum absolute atomic E-state index is 5.00. The molecule has 1 aliphatic heterocycles.